The summed E-state index contributed by atoms with van der Waals surface area (Å²) >= 11 is 0. The Balaban J connectivity index is 2.14. The van der Waals surface area contributed by atoms with E-state index in [9.17, 15) is 23.9 Å². The summed E-state index contributed by atoms with van der Waals surface area (Å²) in [6.07, 6.45) is 0.258. The van der Waals surface area contributed by atoms with Crippen molar-refractivity contribution in [3.05, 3.63) is 29.6 Å². The first-order valence-corrected chi connectivity index (χ1v) is 8.00. The van der Waals surface area contributed by atoms with Gasteiger partial charge in [0, 0.05) is 18.5 Å². The van der Waals surface area contributed by atoms with E-state index in [1.165, 1.54) is 12.1 Å². The Morgan fingerprint density at radius 1 is 1.40 bits per heavy atom. The Kier molecular flexibility index (Phi) is 6.08. The number of anilines is 1. The van der Waals surface area contributed by atoms with Crippen LogP contribution in [0.1, 0.15) is 30.6 Å². The van der Waals surface area contributed by atoms with Gasteiger partial charge in [0.1, 0.15) is 5.82 Å². The van der Waals surface area contributed by atoms with Crippen LogP contribution in [0.3, 0.4) is 0 Å². The summed E-state index contributed by atoms with van der Waals surface area (Å²) in [5.74, 6) is -2.69. The molecule has 0 saturated carbocycles. The number of hydrogen-bond donors (Lipinski definition) is 2. The molecular weight excluding hydrogens is 331 g/mol. The van der Waals surface area contributed by atoms with Gasteiger partial charge in [-0.15, -0.1) is 0 Å². The Bertz CT molecular complexity index is 677. The lowest BCUT2D eigenvalue weighted by molar-refractivity contribution is -0.147. The van der Waals surface area contributed by atoms with Crippen molar-refractivity contribution in [1.29, 1.82) is 0 Å². The number of morpholine rings is 1. The average Bonchev–Trinajstić information content (AvgIpc) is 2.55. The van der Waals surface area contributed by atoms with Crippen LogP contribution in [0.25, 0.3) is 0 Å². The number of carbonyl (C=O) groups excluding carboxylic acids is 2. The number of rotatable bonds is 5. The minimum Gasteiger partial charge on any atom is -0.480 e. The Hall–Kier alpha value is -2.48. The molecule has 7 nitrogen and oxygen atoms in total. The lowest BCUT2D eigenvalue weighted by Gasteiger charge is -2.32. The van der Waals surface area contributed by atoms with E-state index in [0.29, 0.717) is 0 Å². The molecule has 1 aromatic rings. The maximum Gasteiger partial charge on any atom is 0.328 e. The van der Waals surface area contributed by atoms with E-state index in [1.807, 2.05) is 13.8 Å². The number of nitrogens with one attached hydrogen (secondary N) is 1. The van der Waals surface area contributed by atoms with E-state index < -0.39 is 23.7 Å². The summed E-state index contributed by atoms with van der Waals surface area (Å²) in [6, 6.07) is 2.57. The summed E-state index contributed by atoms with van der Waals surface area (Å²) in [6.45, 7) is 3.98. The highest BCUT2D eigenvalue weighted by atomic mass is 19.1. The number of hydrogen-bond acceptors (Lipinski definition) is 4. The lowest BCUT2D eigenvalue weighted by atomic mass is 10.1. The van der Waals surface area contributed by atoms with Crippen LogP contribution in [0.2, 0.25) is 0 Å². The van der Waals surface area contributed by atoms with Crippen LogP contribution in [-0.2, 0) is 14.3 Å². The number of carbonyl (C=O) groups is 3. The van der Waals surface area contributed by atoms with Gasteiger partial charge in [-0.25, -0.2) is 9.18 Å². The molecule has 0 bridgehead atoms. The number of benzene rings is 1. The van der Waals surface area contributed by atoms with Crippen LogP contribution in [-0.4, -0.2) is 53.6 Å². The third-order valence-electron chi connectivity index (χ3n) is 3.76. The molecule has 136 valence electrons. The van der Waals surface area contributed by atoms with Gasteiger partial charge in [-0.2, -0.15) is 0 Å². The fraction of sp³-hybridized carbons (Fsp3) is 0.471. The van der Waals surface area contributed by atoms with Crippen molar-refractivity contribution in [3.63, 3.8) is 0 Å². The predicted molar refractivity (Wildman–Crippen MR) is 87.8 cm³/mol. The number of carboxylic acid groups (broad SMARTS) is 1. The molecule has 1 unspecified atom stereocenters. The van der Waals surface area contributed by atoms with Crippen LogP contribution in [0.15, 0.2) is 18.2 Å². The number of aliphatic carboxylic acids is 1. The van der Waals surface area contributed by atoms with E-state index in [4.69, 9.17) is 4.74 Å². The third-order valence-corrected chi connectivity index (χ3v) is 3.76. The van der Waals surface area contributed by atoms with E-state index in [1.54, 1.807) is 0 Å². The highest BCUT2D eigenvalue weighted by Crippen LogP contribution is 2.19. The van der Waals surface area contributed by atoms with Crippen LogP contribution < -0.4 is 5.32 Å². The molecular formula is C17H21FN2O5. The number of amides is 2. The molecule has 2 rings (SSSR count). The van der Waals surface area contributed by atoms with Crippen LogP contribution in [0.5, 0.6) is 0 Å². The zero-order chi connectivity index (χ0) is 18.6. The Morgan fingerprint density at radius 2 is 2.12 bits per heavy atom. The molecule has 2 N–H and O–H groups in total. The number of halogens is 1. The van der Waals surface area contributed by atoms with Gasteiger partial charge in [-0.1, -0.05) is 13.8 Å². The fourth-order valence-electron chi connectivity index (χ4n) is 2.54. The van der Waals surface area contributed by atoms with Gasteiger partial charge in [0.05, 0.1) is 18.9 Å². The topological polar surface area (TPSA) is 95.9 Å². The fourth-order valence-corrected chi connectivity index (χ4v) is 2.54. The van der Waals surface area contributed by atoms with Crippen molar-refractivity contribution in [1.82, 2.24) is 4.90 Å². The first-order chi connectivity index (χ1) is 11.8. The van der Waals surface area contributed by atoms with E-state index in [2.05, 4.69) is 5.32 Å². The summed E-state index contributed by atoms with van der Waals surface area (Å²) in [5, 5.41) is 11.6. The Labute approximate surface area is 144 Å². The average molecular weight is 352 g/mol. The minimum atomic E-state index is -1.17. The lowest BCUT2D eigenvalue weighted by Crippen LogP contribution is -2.52. The standard InChI is InChI=1S/C17H21FN2O5/c1-10(2)7-15(21)19-13-4-3-11(8-12(13)18)16(22)20-5-6-25-9-14(20)17(23)24/h3-4,8,10,14H,5-7,9H2,1-2H3,(H,19,21)(H,23,24). The van der Waals surface area contributed by atoms with E-state index >= 15 is 0 Å². The molecule has 1 aliphatic rings. The van der Waals surface area contributed by atoms with Crippen molar-refractivity contribution in [2.24, 2.45) is 5.92 Å². The maximum absolute atomic E-state index is 14.2. The second-order valence-electron chi connectivity index (χ2n) is 6.27. The zero-order valence-corrected chi connectivity index (χ0v) is 14.1. The van der Waals surface area contributed by atoms with Gasteiger partial charge in [-0.3, -0.25) is 9.59 Å². The zero-order valence-electron chi connectivity index (χ0n) is 14.1. The molecule has 0 radical (unpaired) electrons. The van der Waals surface area contributed by atoms with Gasteiger partial charge in [0.2, 0.25) is 5.91 Å². The SMILES string of the molecule is CC(C)CC(=O)Nc1ccc(C(=O)N2CCOCC2C(=O)O)cc1F. The highest BCUT2D eigenvalue weighted by molar-refractivity contribution is 5.98. The van der Waals surface area contributed by atoms with Crippen molar-refractivity contribution >= 4 is 23.5 Å². The smallest absolute Gasteiger partial charge is 0.328 e. The first-order valence-electron chi connectivity index (χ1n) is 8.00. The van der Waals surface area contributed by atoms with E-state index in [-0.39, 0.29) is 49.3 Å². The molecule has 0 spiro atoms. The normalized spacial score (nSPS) is 17.4. The summed E-state index contributed by atoms with van der Waals surface area (Å²) in [4.78, 5) is 36.6. The van der Waals surface area contributed by atoms with Crippen LogP contribution in [0.4, 0.5) is 10.1 Å². The van der Waals surface area contributed by atoms with E-state index in [0.717, 1.165) is 11.0 Å². The molecule has 0 aromatic heterocycles. The Morgan fingerprint density at radius 3 is 2.72 bits per heavy atom. The highest BCUT2D eigenvalue weighted by Gasteiger charge is 2.33. The quantitative estimate of drug-likeness (QED) is 0.841. The minimum absolute atomic E-state index is 0.0148. The second kappa shape index (κ2) is 8.06. The molecule has 8 heteroatoms. The van der Waals surface area contributed by atoms with Crippen molar-refractivity contribution in [3.8, 4) is 0 Å². The summed E-state index contributed by atoms with van der Waals surface area (Å²) < 4.78 is 19.3. The number of nitrogens with zero attached hydrogens (tertiary/aromatic N) is 1. The monoisotopic (exact) mass is 352 g/mol. The molecule has 1 aliphatic heterocycles. The molecule has 1 heterocycles. The molecule has 2 amide bonds. The van der Waals surface area contributed by atoms with Gasteiger partial charge in [0.25, 0.3) is 5.91 Å². The predicted octanol–water partition coefficient (Wildman–Crippen LogP) is 1.74. The number of carboxylic acids is 1. The summed E-state index contributed by atoms with van der Waals surface area (Å²) in [5.41, 5.74) is 0.00599. The second-order valence-corrected chi connectivity index (χ2v) is 6.27. The largest absolute Gasteiger partial charge is 0.480 e. The maximum atomic E-state index is 14.2. The van der Waals surface area contributed by atoms with Gasteiger partial charge in [-0.05, 0) is 24.1 Å². The van der Waals surface area contributed by atoms with Crippen molar-refractivity contribution in [2.75, 3.05) is 25.1 Å². The van der Waals surface area contributed by atoms with Crippen LogP contribution >= 0.6 is 0 Å². The molecule has 25 heavy (non-hydrogen) atoms. The first kappa shape index (κ1) is 18.9. The molecule has 0 aliphatic carbocycles. The van der Waals surface area contributed by atoms with Crippen molar-refractivity contribution in [2.45, 2.75) is 26.3 Å². The van der Waals surface area contributed by atoms with Crippen LogP contribution in [0, 0.1) is 11.7 Å². The molecule has 1 fully saturated rings. The van der Waals surface area contributed by atoms with Gasteiger partial charge >= 0.3 is 5.97 Å². The van der Waals surface area contributed by atoms with Gasteiger partial charge in [0.15, 0.2) is 6.04 Å². The molecule has 1 aromatic carbocycles. The molecule has 1 saturated heterocycles. The summed E-state index contributed by atoms with van der Waals surface area (Å²) in [7, 11) is 0. The third kappa shape index (κ3) is 4.76. The number of ether oxygens (including phenoxy) is 1. The van der Waals surface area contributed by atoms with Crippen molar-refractivity contribution < 1.29 is 28.6 Å². The molecule has 1 atom stereocenters. The van der Waals surface area contributed by atoms with Gasteiger partial charge < -0.3 is 20.1 Å².